The van der Waals surface area contributed by atoms with Crippen molar-refractivity contribution in [3.63, 3.8) is 0 Å². The molecule has 0 bridgehead atoms. The maximum Gasteiger partial charge on any atom is 0.407 e. The van der Waals surface area contributed by atoms with Crippen molar-refractivity contribution in [3.8, 4) is 11.1 Å². The molecule has 2 aromatic rings. The standard InChI is InChI=1S/C22H21NO4/c24-20(25)19-11-22(19)9-13(10-22)23-21(26)27-12-18-16-7-3-1-5-14(16)15-6-2-4-8-17(15)18/h1-8,13,18-19H,9-12H2,(H,23,26)(H,24,25). The molecule has 1 unspecified atom stereocenters. The Balaban J connectivity index is 1.20. The molecule has 3 aliphatic carbocycles. The summed E-state index contributed by atoms with van der Waals surface area (Å²) in [6.07, 6.45) is 1.82. The van der Waals surface area contributed by atoms with Gasteiger partial charge in [-0.1, -0.05) is 48.5 Å². The molecule has 2 N–H and O–H groups in total. The average molecular weight is 363 g/mol. The Labute approximate surface area is 157 Å². The van der Waals surface area contributed by atoms with Gasteiger partial charge >= 0.3 is 12.1 Å². The van der Waals surface area contributed by atoms with Crippen LogP contribution in [0.3, 0.4) is 0 Å². The highest BCUT2D eigenvalue weighted by Gasteiger charge is 2.65. The summed E-state index contributed by atoms with van der Waals surface area (Å²) in [5.74, 6) is -0.886. The summed E-state index contributed by atoms with van der Waals surface area (Å²) in [7, 11) is 0. The molecule has 5 rings (SSSR count). The molecule has 27 heavy (non-hydrogen) atoms. The molecule has 0 aliphatic heterocycles. The van der Waals surface area contributed by atoms with Crippen LogP contribution in [0.15, 0.2) is 48.5 Å². The van der Waals surface area contributed by atoms with Gasteiger partial charge in [-0.05, 0) is 46.9 Å². The first-order valence-electron chi connectivity index (χ1n) is 9.42. The molecule has 1 amide bonds. The van der Waals surface area contributed by atoms with Crippen LogP contribution in [-0.4, -0.2) is 29.8 Å². The predicted molar refractivity (Wildman–Crippen MR) is 99.4 cm³/mol. The van der Waals surface area contributed by atoms with Gasteiger partial charge in [0.1, 0.15) is 6.61 Å². The van der Waals surface area contributed by atoms with Crippen LogP contribution in [0, 0.1) is 11.3 Å². The zero-order chi connectivity index (χ0) is 18.6. The molecule has 0 radical (unpaired) electrons. The fourth-order valence-corrected chi connectivity index (χ4v) is 4.98. The minimum atomic E-state index is -0.713. The van der Waals surface area contributed by atoms with Gasteiger partial charge < -0.3 is 15.2 Å². The maximum absolute atomic E-state index is 12.2. The molecule has 2 fully saturated rings. The summed E-state index contributed by atoms with van der Waals surface area (Å²) in [5, 5.41) is 12.0. The normalized spacial score (nSPS) is 27.4. The fraction of sp³-hybridized carbons (Fsp3) is 0.364. The minimum Gasteiger partial charge on any atom is -0.481 e. The number of carboxylic acids is 1. The number of alkyl carbamates (subject to hydrolysis) is 1. The SMILES string of the molecule is O=C(NC1CC2(C1)CC2C(=O)O)OCC1c2ccccc2-c2ccccc21. The van der Waals surface area contributed by atoms with Gasteiger partial charge in [-0.25, -0.2) is 4.79 Å². The number of carbonyl (C=O) groups is 2. The number of ether oxygens (including phenoxy) is 1. The lowest BCUT2D eigenvalue weighted by Crippen LogP contribution is -2.46. The van der Waals surface area contributed by atoms with Crippen LogP contribution >= 0.6 is 0 Å². The Bertz CT molecular complexity index is 886. The van der Waals surface area contributed by atoms with E-state index in [2.05, 4.69) is 29.6 Å². The van der Waals surface area contributed by atoms with E-state index in [0.717, 1.165) is 19.3 Å². The third-order valence-corrected chi connectivity index (χ3v) is 6.46. The average Bonchev–Trinajstić information content (AvgIpc) is 3.31. The Morgan fingerprint density at radius 1 is 1.00 bits per heavy atom. The number of carboxylic acid groups (broad SMARTS) is 1. The molecule has 2 aromatic carbocycles. The second-order valence-electron chi connectivity index (χ2n) is 8.03. The van der Waals surface area contributed by atoms with Crippen molar-refractivity contribution in [2.75, 3.05) is 6.61 Å². The molecule has 5 nitrogen and oxygen atoms in total. The summed E-state index contributed by atoms with van der Waals surface area (Å²) >= 11 is 0. The van der Waals surface area contributed by atoms with Gasteiger partial charge in [-0.2, -0.15) is 0 Å². The molecule has 0 saturated heterocycles. The van der Waals surface area contributed by atoms with Crippen molar-refractivity contribution in [2.24, 2.45) is 11.3 Å². The second kappa shape index (κ2) is 5.84. The first kappa shape index (κ1) is 16.4. The topological polar surface area (TPSA) is 75.6 Å². The molecular formula is C22H21NO4. The zero-order valence-corrected chi connectivity index (χ0v) is 14.9. The van der Waals surface area contributed by atoms with Crippen LogP contribution in [0.2, 0.25) is 0 Å². The lowest BCUT2D eigenvalue weighted by molar-refractivity contribution is -0.140. The number of aliphatic carboxylic acids is 1. The first-order chi connectivity index (χ1) is 13.1. The van der Waals surface area contributed by atoms with E-state index in [0.29, 0.717) is 6.61 Å². The van der Waals surface area contributed by atoms with E-state index >= 15 is 0 Å². The van der Waals surface area contributed by atoms with Crippen molar-refractivity contribution < 1.29 is 19.4 Å². The van der Waals surface area contributed by atoms with Crippen LogP contribution in [0.5, 0.6) is 0 Å². The van der Waals surface area contributed by atoms with E-state index < -0.39 is 12.1 Å². The van der Waals surface area contributed by atoms with E-state index in [4.69, 9.17) is 9.84 Å². The molecule has 1 spiro atoms. The number of amides is 1. The van der Waals surface area contributed by atoms with Crippen molar-refractivity contribution in [1.82, 2.24) is 5.32 Å². The monoisotopic (exact) mass is 363 g/mol. The first-order valence-corrected chi connectivity index (χ1v) is 9.42. The number of nitrogens with one attached hydrogen (secondary N) is 1. The predicted octanol–water partition coefficient (Wildman–Crippen LogP) is 3.78. The van der Waals surface area contributed by atoms with Gasteiger partial charge in [0.2, 0.25) is 0 Å². The molecule has 0 heterocycles. The molecule has 5 heteroatoms. The van der Waals surface area contributed by atoms with Gasteiger partial charge in [0.15, 0.2) is 0 Å². The lowest BCUT2D eigenvalue weighted by Gasteiger charge is -2.36. The molecular weight excluding hydrogens is 342 g/mol. The largest absolute Gasteiger partial charge is 0.481 e. The van der Waals surface area contributed by atoms with Crippen molar-refractivity contribution in [3.05, 3.63) is 59.7 Å². The molecule has 3 aliphatic rings. The number of fused-ring (bicyclic) bond motifs is 3. The molecule has 0 aromatic heterocycles. The van der Waals surface area contributed by atoms with E-state index in [1.165, 1.54) is 22.3 Å². The van der Waals surface area contributed by atoms with Gasteiger partial charge in [-0.3, -0.25) is 4.79 Å². The minimum absolute atomic E-state index is 0.0324. The highest BCUT2D eigenvalue weighted by molar-refractivity contribution is 5.79. The summed E-state index contributed by atoms with van der Waals surface area (Å²) in [5.41, 5.74) is 4.73. The quantitative estimate of drug-likeness (QED) is 0.867. The fourth-order valence-electron chi connectivity index (χ4n) is 4.98. The van der Waals surface area contributed by atoms with Gasteiger partial charge in [0.25, 0.3) is 0 Å². The molecule has 1 atom stereocenters. The smallest absolute Gasteiger partial charge is 0.407 e. The molecule has 138 valence electrons. The van der Waals surface area contributed by atoms with Crippen molar-refractivity contribution in [1.29, 1.82) is 0 Å². The van der Waals surface area contributed by atoms with Crippen LogP contribution < -0.4 is 5.32 Å². The third kappa shape index (κ3) is 2.60. The van der Waals surface area contributed by atoms with Crippen molar-refractivity contribution >= 4 is 12.1 Å². The van der Waals surface area contributed by atoms with Crippen LogP contribution in [0.25, 0.3) is 11.1 Å². The van der Waals surface area contributed by atoms with E-state index in [9.17, 15) is 9.59 Å². The van der Waals surface area contributed by atoms with E-state index in [1.807, 2.05) is 24.3 Å². The summed E-state index contributed by atoms with van der Waals surface area (Å²) < 4.78 is 5.54. The third-order valence-electron chi connectivity index (χ3n) is 6.46. The van der Waals surface area contributed by atoms with E-state index in [-0.39, 0.29) is 23.3 Å². The van der Waals surface area contributed by atoms with Crippen LogP contribution in [0.4, 0.5) is 4.79 Å². The number of hydrogen-bond acceptors (Lipinski definition) is 3. The van der Waals surface area contributed by atoms with Crippen LogP contribution in [0.1, 0.15) is 36.3 Å². The highest BCUT2D eigenvalue weighted by Crippen LogP contribution is 2.65. The summed E-state index contributed by atoms with van der Waals surface area (Å²) in [6.45, 7) is 0.301. The number of carbonyl (C=O) groups excluding carboxylic acids is 1. The Morgan fingerprint density at radius 3 is 2.15 bits per heavy atom. The van der Waals surface area contributed by atoms with Gasteiger partial charge in [0.05, 0.1) is 5.92 Å². The zero-order valence-electron chi connectivity index (χ0n) is 14.9. The van der Waals surface area contributed by atoms with Gasteiger partial charge in [-0.15, -0.1) is 0 Å². The Kier molecular flexibility index (Phi) is 3.54. The number of hydrogen-bond donors (Lipinski definition) is 2. The van der Waals surface area contributed by atoms with Gasteiger partial charge in [0, 0.05) is 12.0 Å². The highest BCUT2D eigenvalue weighted by atomic mass is 16.5. The summed E-state index contributed by atoms with van der Waals surface area (Å²) in [4.78, 5) is 23.3. The maximum atomic E-state index is 12.2. The van der Waals surface area contributed by atoms with Crippen molar-refractivity contribution in [2.45, 2.75) is 31.2 Å². The number of benzene rings is 2. The Hall–Kier alpha value is -2.82. The number of rotatable bonds is 4. The van der Waals surface area contributed by atoms with Crippen LogP contribution in [-0.2, 0) is 9.53 Å². The summed E-state index contributed by atoms with van der Waals surface area (Å²) in [6, 6.07) is 16.5. The lowest BCUT2D eigenvalue weighted by atomic mass is 9.75. The second-order valence-corrected chi connectivity index (χ2v) is 8.03. The Morgan fingerprint density at radius 2 is 1.59 bits per heavy atom. The molecule has 2 saturated carbocycles. The van der Waals surface area contributed by atoms with E-state index in [1.54, 1.807) is 0 Å².